The Morgan fingerprint density at radius 2 is 1.15 bits per heavy atom. The van der Waals surface area contributed by atoms with Crippen LogP contribution in [0, 0.1) is 0 Å². The molecule has 20 heavy (non-hydrogen) atoms. The zero-order chi connectivity index (χ0) is 14.6. The highest BCUT2D eigenvalue weighted by molar-refractivity contribution is 5.40. The van der Waals surface area contributed by atoms with E-state index >= 15 is 0 Å². The first-order chi connectivity index (χ1) is 9.63. The van der Waals surface area contributed by atoms with Crippen LogP contribution in [0.25, 0.3) is 0 Å². The van der Waals surface area contributed by atoms with Crippen molar-refractivity contribution in [1.82, 2.24) is 0 Å². The third-order valence-electron chi connectivity index (χ3n) is 3.65. The van der Waals surface area contributed by atoms with E-state index in [0.717, 1.165) is 22.6 Å². The minimum atomic E-state index is -1.00. The summed E-state index contributed by atoms with van der Waals surface area (Å²) >= 11 is 0. The second-order valence-electron chi connectivity index (χ2n) is 4.67. The van der Waals surface area contributed by atoms with Gasteiger partial charge in [0.1, 0.15) is 17.1 Å². The van der Waals surface area contributed by atoms with Crippen LogP contribution in [0.4, 0.5) is 0 Å². The fraction of sp³-hybridized carbons (Fsp3) is 0.294. The molecule has 2 rings (SSSR count). The smallest absolute Gasteiger partial charge is 0.118 e. The van der Waals surface area contributed by atoms with E-state index in [9.17, 15) is 5.11 Å². The SMILES string of the molecule is CCC(O)(c1ccc(OC)cc1)c1ccc(OC)cc1. The summed E-state index contributed by atoms with van der Waals surface area (Å²) < 4.78 is 10.3. The first kappa shape index (κ1) is 14.4. The maximum absolute atomic E-state index is 11.0. The predicted octanol–water partition coefficient (Wildman–Crippen LogP) is 3.35. The Hall–Kier alpha value is -2.00. The average Bonchev–Trinajstić information content (AvgIpc) is 2.54. The van der Waals surface area contributed by atoms with E-state index in [1.165, 1.54) is 0 Å². The van der Waals surface area contributed by atoms with E-state index < -0.39 is 5.60 Å². The van der Waals surface area contributed by atoms with Crippen molar-refractivity contribution < 1.29 is 14.6 Å². The Balaban J connectivity index is 2.39. The van der Waals surface area contributed by atoms with Gasteiger partial charge in [-0.3, -0.25) is 0 Å². The van der Waals surface area contributed by atoms with E-state index in [1.54, 1.807) is 14.2 Å². The third-order valence-corrected chi connectivity index (χ3v) is 3.65. The van der Waals surface area contributed by atoms with Crippen molar-refractivity contribution in [3.63, 3.8) is 0 Å². The molecular weight excluding hydrogens is 252 g/mol. The summed E-state index contributed by atoms with van der Waals surface area (Å²) in [6.45, 7) is 1.97. The summed E-state index contributed by atoms with van der Waals surface area (Å²) in [7, 11) is 3.26. The molecule has 106 valence electrons. The zero-order valence-electron chi connectivity index (χ0n) is 12.1. The lowest BCUT2D eigenvalue weighted by Crippen LogP contribution is -2.26. The number of rotatable bonds is 5. The van der Waals surface area contributed by atoms with Gasteiger partial charge < -0.3 is 14.6 Å². The van der Waals surface area contributed by atoms with Gasteiger partial charge in [-0.15, -0.1) is 0 Å². The molecule has 1 N–H and O–H groups in total. The number of benzene rings is 2. The summed E-state index contributed by atoms with van der Waals surface area (Å²) in [5.41, 5.74) is 0.704. The van der Waals surface area contributed by atoms with E-state index in [4.69, 9.17) is 9.47 Å². The van der Waals surface area contributed by atoms with Crippen LogP contribution in [0.2, 0.25) is 0 Å². The van der Waals surface area contributed by atoms with Crippen LogP contribution in [-0.2, 0) is 5.60 Å². The minimum Gasteiger partial charge on any atom is -0.497 e. The standard InChI is InChI=1S/C17H20O3/c1-4-17(18,13-5-9-15(19-2)10-6-13)14-7-11-16(20-3)12-8-14/h5-12,18H,4H2,1-3H3. The van der Waals surface area contributed by atoms with Crippen molar-refractivity contribution in [2.24, 2.45) is 0 Å². The molecule has 0 amide bonds. The Kier molecular flexibility index (Phi) is 4.30. The Bertz CT molecular complexity index is 496. The van der Waals surface area contributed by atoms with Gasteiger partial charge >= 0.3 is 0 Å². The fourth-order valence-corrected chi connectivity index (χ4v) is 2.31. The molecule has 3 heteroatoms. The van der Waals surface area contributed by atoms with Crippen LogP contribution in [0.5, 0.6) is 11.5 Å². The van der Waals surface area contributed by atoms with E-state index in [2.05, 4.69) is 0 Å². The van der Waals surface area contributed by atoms with Crippen LogP contribution in [-0.4, -0.2) is 19.3 Å². The molecule has 0 saturated carbocycles. The van der Waals surface area contributed by atoms with Gasteiger partial charge in [0, 0.05) is 0 Å². The lowest BCUT2D eigenvalue weighted by molar-refractivity contribution is 0.0764. The minimum absolute atomic E-state index is 0.589. The van der Waals surface area contributed by atoms with Crippen molar-refractivity contribution in [2.75, 3.05) is 14.2 Å². The van der Waals surface area contributed by atoms with Crippen molar-refractivity contribution in [3.05, 3.63) is 59.7 Å². The molecule has 0 radical (unpaired) electrons. The van der Waals surface area contributed by atoms with Gasteiger partial charge in [0.2, 0.25) is 0 Å². The van der Waals surface area contributed by atoms with E-state index in [1.807, 2.05) is 55.5 Å². The Morgan fingerprint density at radius 1 is 0.800 bits per heavy atom. The molecule has 0 fully saturated rings. The van der Waals surface area contributed by atoms with Crippen LogP contribution in [0.1, 0.15) is 24.5 Å². The van der Waals surface area contributed by atoms with E-state index in [0.29, 0.717) is 6.42 Å². The molecule has 2 aromatic rings. The lowest BCUT2D eigenvalue weighted by atomic mass is 9.84. The number of ether oxygens (including phenoxy) is 2. The van der Waals surface area contributed by atoms with Gasteiger partial charge in [0.25, 0.3) is 0 Å². The predicted molar refractivity (Wildman–Crippen MR) is 79.3 cm³/mol. The lowest BCUT2D eigenvalue weighted by Gasteiger charge is -2.28. The average molecular weight is 272 g/mol. The monoisotopic (exact) mass is 272 g/mol. The second-order valence-corrected chi connectivity index (χ2v) is 4.67. The van der Waals surface area contributed by atoms with Crippen LogP contribution >= 0.6 is 0 Å². The summed E-state index contributed by atoms with van der Waals surface area (Å²) in [6.07, 6.45) is 0.589. The molecule has 0 heterocycles. The Labute approximate surface area is 119 Å². The number of aliphatic hydroxyl groups is 1. The van der Waals surface area contributed by atoms with Crippen LogP contribution in [0.3, 0.4) is 0 Å². The van der Waals surface area contributed by atoms with Gasteiger partial charge in [0.15, 0.2) is 0 Å². The molecule has 0 atom stereocenters. The molecule has 0 saturated heterocycles. The summed E-state index contributed by atoms with van der Waals surface area (Å²) in [5, 5.41) is 11.0. The van der Waals surface area contributed by atoms with Crippen molar-refractivity contribution in [1.29, 1.82) is 0 Å². The molecule has 2 aromatic carbocycles. The normalized spacial score (nSPS) is 11.2. The number of hydrogen-bond acceptors (Lipinski definition) is 3. The highest BCUT2D eigenvalue weighted by Crippen LogP contribution is 2.34. The van der Waals surface area contributed by atoms with Crippen molar-refractivity contribution in [3.8, 4) is 11.5 Å². The third kappa shape index (κ3) is 2.63. The maximum atomic E-state index is 11.0. The van der Waals surface area contributed by atoms with Gasteiger partial charge in [-0.1, -0.05) is 31.2 Å². The highest BCUT2D eigenvalue weighted by Gasteiger charge is 2.29. The molecular formula is C17H20O3. The molecule has 0 aliphatic carbocycles. The second kappa shape index (κ2) is 5.97. The van der Waals surface area contributed by atoms with Gasteiger partial charge in [-0.05, 0) is 41.8 Å². The van der Waals surface area contributed by atoms with Crippen molar-refractivity contribution >= 4 is 0 Å². The first-order valence-electron chi connectivity index (χ1n) is 6.65. The maximum Gasteiger partial charge on any atom is 0.118 e. The number of methoxy groups -OCH3 is 2. The summed E-state index contributed by atoms with van der Waals surface area (Å²) in [6, 6.07) is 15.0. The number of hydrogen-bond donors (Lipinski definition) is 1. The quantitative estimate of drug-likeness (QED) is 0.907. The topological polar surface area (TPSA) is 38.7 Å². The van der Waals surface area contributed by atoms with Crippen molar-refractivity contribution in [2.45, 2.75) is 18.9 Å². The van der Waals surface area contributed by atoms with Crippen LogP contribution < -0.4 is 9.47 Å². The molecule has 0 aliphatic heterocycles. The molecule has 0 bridgehead atoms. The van der Waals surface area contributed by atoms with Crippen LogP contribution in [0.15, 0.2) is 48.5 Å². The highest BCUT2D eigenvalue weighted by atomic mass is 16.5. The summed E-state index contributed by atoms with van der Waals surface area (Å²) in [5.74, 6) is 1.56. The van der Waals surface area contributed by atoms with E-state index in [-0.39, 0.29) is 0 Å². The largest absolute Gasteiger partial charge is 0.497 e. The summed E-state index contributed by atoms with van der Waals surface area (Å²) in [4.78, 5) is 0. The molecule has 0 spiro atoms. The Morgan fingerprint density at radius 3 is 1.40 bits per heavy atom. The van der Waals surface area contributed by atoms with Gasteiger partial charge in [-0.25, -0.2) is 0 Å². The molecule has 0 aromatic heterocycles. The zero-order valence-corrected chi connectivity index (χ0v) is 12.1. The fourth-order valence-electron chi connectivity index (χ4n) is 2.31. The van der Waals surface area contributed by atoms with Gasteiger partial charge in [0.05, 0.1) is 14.2 Å². The van der Waals surface area contributed by atoms with Gasteiger partial charge in [-0.2, -0.15) is 0 Å². The molecule has 3 nitrogen and oxygen atoms in total. The molecule has 0 unspecified atom stereocenters. The first-order valence-corrected chi connectivity index (χ1v) is 6.65. The molecule has 0 aliphatic rings.